The minimum absolute atomic E-state index is 0.228. The number of benzene rings is 2. The topological polar surface area (TPSA) is 88.8 Å². The summed E-state index contributed by atoms with van der Waals surface area (Å²) >= 11 is 12.0. The predicted molar refractivity (Wildman–Crippen MR) is 121 cm³/mol. The second kappa shape index (κ2) is 8.90. The average molecular weight is 471 g/mol. The largest absolute Gasteiger partial charge is 0.492 e. The number of nitrogens with one attached hydrogen (secondary N) is 1. The van der Waals surface area contributed by atoms with E-state index in [0.29, 0.717) is 33.7 Å². The molecule has 32 heavy (non-hydrogen) atoms. The highest BCUT2D eigenvalue weighted by Crippen LogP contribution is 2.32. The van der Waals surface area contributed by atoms with E-state index in [1.165, 1.54) is 6.08 Å². The number of anilines is 1. The average Bonchev–Trinajstić information content (AvgIpc) is 3.23. The van der Waals surface area contributed by atoms with Crippen molar-refractivity contribution in [3.05, 3.63) is 76.0 Å². The molecule has 4 rings (SSSR count). The quantitative estimate of drug-likeness (QED) is 0.402. The van der Waals surface area contributed by atoms with Crippen molar-refractivity contribution in [2.45, 2.75) is 6.92 Å². The Morgan fingerprint density at radius 1 is 1.03 bits per heavy atom. The number of hydrogen-bond acceptors (Lipinski definition) is 5. The molecule has 9 heteroatoms. The molecule has 1 saturated heterocycles. The summed E-state index contributed by atoms with van der Waals surface area (Å²) in [5.74, 6) is -0.561. The Hall–Kier alpha value is -3.55. The minimum Gasteiger partial charge on any atom is -0.492 e. The molecule has 1 aromatic heterocycles. The molecule has 0 bridgehead atoms. The Morgan fingerprint density at radius 2 is 1.81 bits per heavy atom. The van der Waals surface area contributed by atoms with Gasteiger partial charge in [0.25, 0.3) is 11.8 Å². The number of furan rings is 1. The summed E-state index contributed by atoms with van der Waals surface area (Å²) in [6, 6.07) is 14.0. The number of para-hydroxylation sites is 2. The van der Waals surface area contributed by atoms with Crippen molar-refractivity contribution < 1.29 is 23.5 Å². The standard InChI is InChI=1S/C23H16Cl2N2O5/c1-2-31-20-6-4-3-5-18(20)27-22(29)15(21(28)26-23(27)30)12-14-8-10-19(32-14)13-7-9-16(24)17(25)11-13/h3-12H,2H2,1H3,(H,26,28,30)/b15-12-. The summed E-state index contributed by atoms with van der Waals surface area (Å²) in [5, 5.41) is 2.95. The first kappa shape index (κ1) is 21.7. The predicted octanol–water partition coefficient (Wildman–Crippen LogP) is 5.32. The fourth-order valence-corrected chi connectivity index (χ4v) is 3.47. The summed E-state index contributed by atoms with van der Waals surface area (Å²) < 4.78 is 11.3. The van der Waals surface area contributed by atoms with Gasteiger partial charge in [0, 0.05) is 5.56 Å². The lowest BCUT2D eigenvalue weighted by atomic mass is 10.1. The van der Waals surface area contributed by atoms with Gasteiger partial charge in [-0.15, -0.1) is 0 Å². The summed E-state index contributed by atoms with van der Waals surface area (Å²) in [4.78, 5) is 38.9. The maximum absolute atomic E-state index is 13.1. The maximum Gasteiger partial charge on any atom is 0.336 e. The zero-order valence-corrected chi connectivity index (χ0v) is 18.2. The van der Waals surface area contributed by atoms with E-state index >= 15 is 0 Å². The van der Waals surface area contributed by atoms with Crippen LogP contribution in [0.25, 0.3) is 17.4 Å². The molecule has 1 aliphatic heterocycles. The number of carbonyl (C=O) groups is 3. The molecule has 0 unspecified atom stereocenters. The molecular formula is C23H16Cl2N2O5. The molecule has 0 radical (unpaired) electrons. The molecule has 2 aromatic carbocycles. The molecule has 1 fully saturated rings. The molecule has 0 atom stereocenters. The van der Waals surface area contributed by atoms with Crippen LogP contribution in [0.5, 0.6) is 5.75 Å². The SMILES string of the molecule is CCOc1ccccc1N1C(=O)NC(=O)/C(=C/c2ccc(-c3ccc(Cl)c(Cl)c3)o2)C1=O. The van der Waals surface area contributed by atoms with Crippen molar-refractivity contribution in [3.63, 3.8) is 0 Å². The Morgan fingerprint density at radius 3 is 2.56 bits per heavy atom. The van der Waals surface area contributed by atoms with E-state index in [0.717, 1.165) is 4.90 Å². The molecule has 162 valence electrons. The molecule has 4 amide bonds. The van der Waals surface area contributed by atoms with Gasteiger partial charge in [0.05, 0.1) is 22.3 Å². The fourth-order valence-electron chi connectivity index (χ4n) is 3.17. The molecular weight excluding hydrogens is 455 g/mol. The van der Waals surface area contributed by atoms with Gasteiger partial charge in [0.2, 0.25) is 0 Å². The van der Waals surface area contributed by atoms with E-state index < -0.39 is 17.8 Å². The third-order valence-corrected chi connectivity index (χ3v) is 5.36. The summed E-state index contributed by atoms with van der Waals surface area (Å²) in [6.07, 6.45) is 1.28. The lowest BCUT2D eigenvalue weighted by molar-refractivity contribution is -0.122. The molecule has 7 nitrogen and oxygen atoms in total. The van der Waals surface area contributed by atoms with Gasteiger partial charge >= 0.3 is 6.03 Å². The number of imide groups is 2. The first-order valence-electron chi connectivity index (χ1n) is 9.57. The molecule has 2 heterocycles. The molecule has 1 N–H and O–H groups in total. The van der Waals surface area contributed by atoms with Crippen molar-refractivity contribution in [3.8, 4) is 17.1 Å². The summed E-state index contributed by atoms with van der Waals surface area (Å²) in [5.41, 5.74) is 0.642. The maximum atomic E-state index is 13.1. The van der Waals surface area contributed by atoms with Crippen LogP contribution in [-0.4, -0.2) is 24.5 Å². The van der Waals surface area contributed by atoms with Crippen LogP contribution in [0.3, 0.4) is 0 Å². The van der Waals surface area contributed by atoms with E-state index in [1.54, 1.807) is 61.5 Å². The first-order valence-corrected chi connectivity index (χ1v) is 10.3. The van der Waals surface area contributed by atoms with Gasteiger partial charge in [-0.25, -0.2) is 9.69 Å². The minimum atomic E-state index is -0.861. The molecule has 0 spiro atoms. The number of halogens is 2. The number of hydrogen-bond donors (Lipinski definition) is 1. The number of nitrogens with zero attached hydrogens (tertiary/aromatic N) is 1. The third kappa shape index (κ3) is 4.12. The van der Waals surface area contributed by atoms with E-state index in [1.807, 2.05) is 0 Å². The van der Waals surface area contributed by atoms with Crippen LogP contribution in [0.15, 0.2) is 64.6 Å². The van der Waals surface area contributed by atoms with Gasteiger partial charge in [-0.2, -0.15) is 0 Å². The summed E-state index contributed by atoms with van der Waals surface area (Å²) in [6.45, 7) is 2.12. The molecule has 1 aliphatic rings. The van der Waals surface area contributed by atoms with Crippen molar-refractivity contribution in [2.24, 2.45) is 0 Å². The number of carbonyl (C=O) groups excluding carboxylic acids is 3. The molecule has 0 aliphatic carbocycles. The number of ether oxygens (including phenoxy) is 1. The van der Waals surface area contributed by atoms with Crippen molar-refractivity contribution >= 4 is 52.8 Å². The van der Waals surface area contributed by atoms with Gasteiger partial charge in [-0.3, -0.25) is 14.9 Å². The fraction of sp³-hybridized carbons (Fsp3) is 0.0870. The van der Waals surface area contributed by atoms with Crippen LogP contribution >= 0.6 is 23.2 Å². The Kier molecular flexibility index (Phi) is 6.03. The van der Waals surface area contributed by atoms with E-state index in [9.17, 15) is 14.4 Å². The van der Waals surface area contributed by atoms with Crippen LogP contribution < -0.4 is 15.0 Å². The highest BCUT2D eigenvalue weighted by molar-refractivity contribution is 6.42. The highest BCUT2D eigenvalue weighted by atomic mass is 35.5. The van der Waals surface area contributed by atoms with Crippen molar-refractivity contribution in [1.29, 1.82) is 0 Å². The van der Waals surface area contributed by atoms with Gasteiger partial charge in [-0.1, -0.05) is 35.3 Å². The molecule has 0 saturated carbocycles. The number of rotatable bonds is 5. The van der Waals surface area contributed by atoms with Crippen molar-refractivity contribution in [2.75, 3.05) is 11.5 Å². The van der Waals surface area contributed by atoms with Crippen LogP contribution in [-0.2, 0) is 9.59 Å². The van der Waals surface area contributed by atoms with Gasteiger partial charge in [0.1, 0.15) is 22.8 Å². The Bertz CT molecular complexity index is 1260. The zero-order valence-electron chi connectivity index (χ0n) is 16.7. The van der Waals surface area contributed by atoms with Crippen LogP contribution in [0, 0.1) is 0 Å². The second-order valence-electron chi connectivity index (χ2n) is 6.69. The first-order chi connectivity index (χ1) is 15.4. The Labute approximate surface area is 193 Å². The zero-order chi connectivity index (χ0) is 22.8. The lowest BCUT2D eigenvalue weighted by Crippen LogP contribution is -2.54. The number of urea groups is 1. The van der Waals surface area contributed by atoms with Crippen LogP contribution in [0.1, 0.15) is 12.7 Å². The molecule has 3 aromatic rings. The van der Waals surface area contributed by atoms with Gasteiger partial charge in [-0.05, 0) is 55.5 Å². The summed E-state index contributed by atoms with van der Waals surface area (Å²) in [7, 11) is 0. The lowest BCUT2D eigenvalue weighted by Gasteiger charge is -2.27. The highest BCUT2D eigenvalue weighted by Gasteiger charge is 2.38. The van der Waals surface area contributed by atoms with E-state index in [4.69, 9.17) is 32.4 Å². The number of barbiturate groups is 1. The van der Waals surface area contributed by atoms with E-state index in [2.05, 4.69) is 5.32 Å². The third-order valence-electron chi connectivity index (χ3n) is 4.63. The normalized spacial score (nSPS) is 15.3. The smallest absolute Gasteiger partial charge is 0.336 e. The second-order valence-corrected chi connectivity index (χ2v) is 7.50. The van der Waals surface area contributed by atoms with Gasteiger partial charge < -0.3 is 9.15 Å². The van der Waals surface area contributed by atoms with Crippen LogP contribution in [0.2, 0.25) is 10.0 Å². The van der Waals surface area contributed by atoms with E-state index in [-0.39, 0.29) is 17.0 Å². The Balaban J connectivity index is 1.68. The van der Waals surface area contributed by atoms with Crippen molar-refractivity contribution in [1.82, 2.24) is 5.32 Å². The van der Waals surface area contributed by atoms with Crippen LogP contribution in [0.4, 0.5) is 10.5 Å². The number of amides is 4. The monoisotopic (exact) mass is 470 g/mol. The van der Waals surface area contributed by atoms with Gasteiger partial charge in [0.15, 0.2) is 0 Å².